The minimum absolute atomic E-state index is 0.113. The van der Waals surface area contributed by atoms with E-state index in [-0.39, 0.29) is 5.91 Å². The Balaban J connectivity index is 1.42. The molecular formula is C28H38ClN3O2. The minimum Gasteiger partial charge on any atom is -0.493 e. The van der Waals surface area contributed by atoms with E-state index in [0.29, 0.717) is 17.1 Å². The molecule has 4 rings (SSSR count). The molecule has 2 aromatic rings. The van der Waals surface area contributed by atoms with Gasteiger partial charge in [-0.15, -0.1) is 0 Å². The Labute approximate surface area is 209 Å². The molecule has 2 aliphatic rings. The molecule has 1 amide bonds. The molecule has 5 nitrogen and oxygen atoms in total. The number of rotatable bonds is 8. The second kappa shape index (κ2) is 11.6. The number of nitrogens with one attached hydrogen (secondary N) is 1. The quantitative estimate of drug-likeness (QED) is 0.511. The summed E-state index contributed by atoms with van der Waals surface area (Å²) in [6.07, 6.45) is 5.70. The average Bonchev–Trinajstić information content (AvgIpc) is 2.86. The highest BCUT2D eigenvalue weighted by molar-refractivity contribution is 6.30. The maximum Gasteiger partial charge on any atom is 0.253 e. The van der Waals surface area contributed by atoms with E-state index in [2.05, 4.69) is 36.2 Å². The first-order valence-electron chi connectivity index (χ1n) is 12.7. The number of hydrogen-bond acceptors (Lipinski definition) is 4. The lowest BCUT2D eigenvalue weighted by molar-refractivity contribution is 0.0101. The number of fused-ring (bicyclic) bond motifs is 1. The molecule has 0 spiro atoms. The summed E-state index contributed by atoms with van der Waals surface area (Å²) >= 11 is 6.00. The van der Waals surface area contributed by atoms with Crippen molar-refractivity contribution in [3.05, 3.63) is 63.7 Å². The molecule has 2 atom stereocenters. The molecule has 2 aromatic carbocycles. The van der Waals surface area contributed by atoms with Gasteiger partial charge < -0.3 is 15.0 Å². The monoisotopic (exact) mass is 483 g/mol. The van der Waals surface area contributed by atoms with Gasteiger partial charge in [0.2, 0.25) is 0 Å². The smallest absolute Gasteiger partial charge is 0.253 e. The molecule has 0 aromatic heterocycles. The third-order valence-corrected chi connectivity index (χ3v) is 7.79. The highest BCUT2D eigenvalue weighted by atomic mass is 35.5. The third-order valence-electron chi connectivity index (χ3n) is 7.54. The van der Waals surface area contributed by atoms with Gasteiger partial charge in [-0.25, -0.2) is 0 Å². The van der Waals surface area contributed by atoms with Gasteiger partial charge in [-0.3, -0.25) is 9.69 Å². The predicted molar refractivity (Wildman–Crippen MR) is 139 cm³/mol. The van der Waals surface area contributed by atoms with Gasteiger partial charge in [0.05, 0.1) is 6.61 Å². The Morgan fingerprint density at radius 2 is 1.85 bits per heavy atom. The van der Waals surface area contributed by atoms with Gasteiger partial charge in [0.1, 0.15) is 5.75 Å². The number of nitrogens with zero attached hydrogens (tertiary/aromatic N) is 2. The highest BCUT2D eigenvalue weighted by Gasteiger charge is 2.37. The second-order valence-electron chi connectivity index (χ2n) is 9.66. The third kappa shape index (κ3) is 5.59. The van der Waals surface area contributed by atoms with Crippen LogP contribution in [0.5, 0.6) is 5.75 Å². The summed E-state index contributed by atoms with van der Waals surface area (Å²) in [5.74, 6) is 1.12. The van der Waals surface area contributed by atoms with E-state index in [0.717, 1.165) is 63.4 Å². The summed E-state index contributed by atoms with van der Waals surface area (Å²) < 4.78 is 6.11. The van der Waals surface area contributed by atoms with Gasteiger partial charge in [0.15, 0.2) is 0 Å². The maximum absolute atomic E-state index is 13.1. The summed E-state index contributed by atoms with van der Waals surface area (Å²) in [7, 11) is 1.99. The van der Waals surface area contributed by atoms with Crippen molar-refractivity contribution in [2.75, 3.05) is 39.8 Å². The van der Waals surface area contributed by atoms with Crippen molar-refractivity contribution in [1.29, 1.82) is 0 Å². The highest BCUT2D eigenvalue weighted by Crippen LogP contribution is 2.39. The number of carbonyl (C=O) groups is 1. The first-order valence-corrected chi connectivity index (χ1v) is 13.1. The molecule has 0 saturated carbocycles. The zero-order chi connectivity index (χ0) is 24.1. The number of benzene rings is 2. The molecule has 6 heteroatoms. The largest absolute Gasteiger partial charge is 0.493 e. The number of piperazine rings is 1. The number of ether oxygens (including phenoxy) is 1. The molecule has 2 heterocycles. The van der Waals surface area contributed by atoms with Crippen molar-refractivity contribution in [2.45, 2.75) is 58.0 Å². The number of halogens is 1. The van der Waals surface area contributed by atoms with Gasteiger partial charge in [0.25, 0.3) is 5.91 Å². The SMILES string of the molecule is CNCCCCOc1ccc([C@H]2CCC[C@H]3CN(C(=O)c4ccc(Cl)cc4)CCN32)c(C)c1C. The zero-order valence-electron chi connectivity index (χ0n) is 20.8. The molecule has 0 unspecified atom stereocenters. The van der Waals surface area contributed by atoms with Crippen LogP contribution in [0.3, 0.4) is 0 Å². The molecule has 2 aliphatic heterocycles. The molecule has 2 fully saturated rings. The lowest BCUT2D eigenvalue weighted by atomic mass is 9.86. The fourth-order valence-electron chi connectivity index (χ4n) is 5.46. The molecular weight excluding hydrogens is 446 g/mol. The summed E-state index contributed by atoms with van der Waals surface area (Å²) in [5, 5.41) is 3.85. The lowest BCUT2D eigenvalue weighted by Gasteiger charge is -2.48. The topological polar surface area (TPSA) is 44.8 Å². The van der Waals surface area contributed by atoms with E-state index in [4.69, 9.17) is 16.3 Å². The Morgan fingerprint density at radius 1 is 1.06 bits per heavy atom. The van der Waals surface area contributed by atoms with Gasteiger partial charge in [0, 0.05) is 42.3 Å². The van der Waals surface area contributed by atoms with Crippen LogP contribution in [-0.4, -0.2) is 61.6 Å². The van der Waals surface area contributed by atoms with E-state index in [1.165, 1.54) is 29.5 Å². The Bertz CT molecular complexity index is 978. The summed E-state index contributed by atoms with van der Waals surface area (Å²) in [6, 6.07) is 12.5. The number of piperidine rings is 1. The van der Waals surface area contributed by atoms with E-state index in [9.17, 15) is 4.79 Å². The molecule has 0 bridgehead atoms. The molecule has 184 valence electrons. The van der Waals surface area contributed by atoms with Crippen LogP contribution in [0.1, 0.15) is 65.2 Å². The molecule has 34 heavy (non-hydrogen) atoms. The Hall–Kier alpha value is -2.08. The number of carbonyl (C=O) groups excluding carboxylic acids is 1. The zero-order valence-corrected chi connectivity index (χ0v) is 21.5. The summed E-state index contributed by atoms with van der Waals surface area (Å²) in [5.41, 5.74) is 4.74. The van der Waals surface area contributed by atoms with Crippen molar-refractivity contribution in [1.82, 2.24) is 15.1 Å². The van der Waals surface area contributed by atoms with Crippen LogP contribution < -0.4 is 10.1 Å². The van der Waals surface area contributed by atoms with E-state index in [1.807, 2.05) is 24.1 Å². The van der Waals surface area contributed by atoms with Crippen LogP contribution in [-0.2, 0) is 0 Å². The van der Waals surface area contributed by atoms with Gasteiger partial charge in [-0.05, 0) is 107 Å². The van der Waals surface area contributed by atoms with E-state index < -0.39 is 0 Å². The van der Waals surface area contributed by atoms with Crippen LogP contribution >= 0.6 is 11.6 Å². The van der Waals surface area contributed by atoms with Crippen LogP contribution in [0.15, 0.2) is 36.4 Å². The van der Waals surface area contributed by atoms with Crippen molar-refractivity contribution in [3.8, 4) is 5.75 Å². The van der Waals surface area contributed by atoms with Crippen molar-refractivity contribution in [3.63, 3.8) is 0 Å². The minimum atomic E-state index is 0.113. The Morgan fingerprint density at radius 3 is 2.62 bits per heavy atom. The average molecular weight is 484 g/mol. The van der Waals surface area contributed by atoms with Crippen LogP contribution in [0.2, 0.25) is 5.02 Å². The summed E-state index contributed by atoms with van der Waals surface area (Å²) in [6.45, 7) is 8.69. The number of amides is 1. The van der Waals surface area contributed by atoms with Crippen molar-refractivity contribution < 1.29 is 9.53 Å². The maximum atomic E-state index is 13.1. The van der Waals surface area contributed by atoms with Gasteiger partial charge in [-0.2, -0.15) is 0 Å². The number of unbranched alkanes of at least 4 members (excludes halogenated alkanes) is 1. The van der Waals surface area contributed by atoms with Crippen LogP contribution in [0.4, 0.5) is 0 Å². The molecule has 2 saturated heterocycles. The normalized spacial score (nSPS) is 20.8. The van der Waals surface area contributed by atoms with E-state index >= 15 is 0 Å². The first-order chi connectivity index (χ1) is 16.5. The second-order valence-corrected chi connectivity index (χ2v) is 10.1. The van der Waals surface area contributed by atoms with Crippen LogP contribution in [0, 0.1) is 13.8 Å². The van der Waals surface area contributed by atoms with Gasteiger partial charge >= 0.3 is 0 Å². The molecule has 0 aliphatic carbocycles. The lowest BCUT2D eigenvalue weighted by Crippen LogP contribution is -2.57. The summed E-state index contributed by atoms with van der Waals surface area (Å²) in [4.78, 5) is 17.7. The van der Waals surface area contributed by atoms with Crippen LogP contribution in [0.25, 0.3) is 0 Å². The Kier molecular flexibility index (Phi) is 8.51. The predicted octanol–water partition coefficient (Wildman–Crippen LogP) is 5.39. The fourth-order valence-corrected chi connectivity index (χ4v) is 5.59. The standard InChI is InChI=1S/C28H38ClN3O2/c1-20-21(2)27(34-18-5-4-15-30-3)14-13-25(20)26-8-6-7-24-19-31(16-17-32(24)26)28(33)22-9-11-23(29)12-10-22/h9-14,24,26,30H,4-8,15-19H2,1-3H3/t24-,26+/m0/s1. The molecule has 1 N–H and O–H groups in total. The van der Waals surface area contributed by atoms with Crippen molar-refractivity contribution in [2.24, 2.45) is 0 Å². The van der Waals surface area contributed by atoms with Gasteiger partial charge in [-0.1, -0.05) is 17.7 Å². The first kappa shape index (κ1) is 25.0. The van der Waals surface area contributed by atoms with Crippen molar-refractivity contribution >= 4 is 17.5 Å². The molecule has 0 radical (unpaired) electrons. The fraction of sp³-hybridized carbons (Fsp3) is 0.536. The number of hydrogen-bond donors (Lipinski definition) is 1. The van der Waals surface area contributed by atoms with E-state index in [1.54, 1.807) is 12.1 Å².